The van der Waals surface area contributed by atoms with Gasteiger partial charge in [0.05, 0.1) is 0 Å². The maximum atomic E-state index is 11.6. The number of nitrogens with zero attached hydrogens (tertiary/aromatic N) is 1. The average molecular weight is 452 g/mol. The molecule has 0 aliphatic heterocycles. The minimum Gasteiger partial charge on any atom is -0.357 e. The van der Waals surface area contributed by atoms with E-state index >= 15 is 0 Å². The van der Waals surface area contributed by atoms with Gasteiger partial charge in [-0.15, -0.1) is 24.0 Å². The predicted octanol–water partition coefficient (Wildman–Crippen LogP) is 3.29. The molecule has 1 aliphatic carbocycles. The first-order valence-electron chi connectivity index (χ1n) is 9.32. The molecule has 1 saturated carbocycles. The van der Waals surface area contributed by atoms with E-state index in [4.69, 9.17) is 0 Å². The van der Waals surface area contributed by atoms with Gasteiger partial charge in [0.25, 0.3) is 0 Å². The zero-order chi connectivity index (χ0) is 17.1. The van der Waals surface area contributed by atoms with Gasteiger partial charge in [-0.25, -0.2) is 0 Å². The van der Waals surface area contributed by atoms with Crippen LogP contribution in [0.2, 0.25) is 0 Å². The Hall–Kier alpha value is -0.530. The molecule has 24 heavy (non-hydrogen) atoms. The first-order valence-corrected chi connectivity index (χ1v) is 9.32. The summed E-state index contributed by atoms with van der Waals surface area (Å²) in [6.07, 6.45) is 7.13. The number of nitrogens with one attached hydrogen (secondary N) is 3. The van der Waals surface area contributed by atoms with Gasteiger partial charge in [-0.1, -0.05) is 26.2 Å². The van der Waals surface area contributed by atoms with Gasteiger partial charge in [0.1, 0.15) is 0 Å². The van der Waals surface area contributed by atoms with E-state index in [9.17, 15) is 4.79 Å². The second-order valence-corrected chi connectivity index (χ2v) is 7.09. The fraction of sp³-hybridized carbons (Fsp3) is 0.889. The molecule has 0 heterocycles. The first-order chi connectivity index (χ1) is 11.0. The number of rotatable bonds is 8. The Kier molecular flexibility index (Phi) is 13.4. The summed E-state index contributed by atoms with van der Waals surface area (Å²) in [4.78, 5) is 16.3. The molecule has 0 spiro atoms. The second kappa shape index (κ2) is 13.7. The van der Waals surface area contributed by atoms with Crippen molar-refractivity contribution >= 4 is 35.8 Å². The third-order valence-electron chi connectivity index (χ3n) is 4.29. The van der Waals surface area contributed by atoms with Gasteiger partial charge in [-0.2, -0.15) is 0 Å². The third kappa shape index (κ3) is 11.1. The van der Waals surface area contributed by atoms with E-state index in [2.05, 4.69) is 34.8 Å². The van der Waals surface area contributed by atoms with Gasteiger partial charge < -0.3 is 16.0 Å². The summed E-state index contributed by atoms with van der Waals surface area (Å²) >= 11 is 0. The minimum absolute atomic E-state index is 0. The summed E-state index contributed by atoms with van der Waals surface area (Å²) in [5, 5.41) is 9.40. The Bertz CT molecular complexity index is 374. The number of halogens is 1. The summed E-state index contributed by atoms with van der Waals surface area (Å²) in [6, 6.07) is 0.197. The summed E-state index contributed by atoms with van der Waals surface area (Å²) in [5.74, 6) is 2.62. The molecule has 1 rings (SSSR count). The standard InChI is InChI=1S/C18H36N4O.HI/c1-5-19-18(21-12-10-17(23)22-14(2)3)20-11-9-16-8-6-7-15(4)13-16;/h14-16H,5-13H2,1-4H3,(H,22,23)(H2,19,20,21);1H. The van der Waals surface area contributed by atoms with Crippen molar-refractivity contribution in [2.24, 2.45) is 16.8 Å². The zero-order valence-electron chi connectivity index (χ0n) is 15.9. The van der Waals surface area contributed by atoms with Crippen LogP contribution in [0.1, 0.15) is 66.2 Å². The predicted molar refractivity (Wildman–Crippen MR) is 113 cm³/mol. The van der Waals surface area contributed by atoms with Crippen molar-refractivity contribution in [1.29, 1.82) is 0 Å². The molecule has 0 aromatic rings. The van der Waals surface area contributed by atoms with E-state index in [1.54, 1.807) is 0 Å². The van der Waals surface area contributed by atoms with E-state index in [-0.39, 0.29) is 35.9 Å². The number of carbonyl (C=O) groups excluding carboxylic acids is 1. The fourth-order valence-corrected chi connectivity index (χ4v) is 3.21. The number of carbonyl (C=O) groups is 1. The van der Waals surface area contributed by atoms with E-state index in [0.29, 0.717) is 13.0 Å². The Morgan fingerprint density at radius 1 is 1.25 bits per heavy atom. The Morgan fingerprint density at radius 3 is 2.62 bits per heavy atom. The van der Waals surface area contributed by atoms with Crippen LogP contribution in [0.15, 0.2) is 4.99 Å². The lowest BCUT2D eigenvalue weighted by molar-refractivity contribution is -0.121. The Labute approximate surface area is 165 Å². The molecule has 5 nitrogen and oxygen atoms in total. The van der Waals surface area contributed by atoms with Crippen LogP contribution in [0.3, 0.4) is 0 Å². The fourth-order valence-electron chi connectivity index (χ4n) is 3.21. The average Bonchev–Trinajstić information content (AvgIpc) is 2.46. The molecule has 1 aliphatic rings. The molecule has 1 fully saturated rings. The Balaban J connectivity index is 0.00000529. The quantitative estimate of drug-likeness (QED) is 0.301. The van der Waals surface area contributed by atoms with Crippen molar-refractivity contribution in [3.63, 3.8) is 0 Å². The molecule has 1 amide bonds. The van der Waals surface area contributed by atoms with Crippen LogP contribution < -0.4 is 16.0 Å². The molecule has 6 heteroatoms. The van der Waals surface area contributed by atoms with Crippen molar-refractivity contribution in [3.05, 3.63) is 0 Å². The van der Waals surface area contributed by atoms with Crippen molar-refractivity contribution in [2.45, 2.75) is 72.3 Å². The molecule has 2 unspecified atom stereocenters. The lowest BCUT2D eigenvalue weighted by atomic mass is 9.81. The lowest BCUT2D eigenvalue weighted by Gasteiger charge is -2.26. The van der Waals surface area contributed by atoms with Gasteiger partial charge >= 0.3 is 0 Å². The van der Waals surface area contributed by atoms with Crippen LogP contribution in [0.25, 0.3) is 0 Å². The first kappa shape index (κ1) is 23.5. The number of guanidine groups is 1. The van der Waals surface area contributed by atoms with Crippen LogP contribution in [-0.2, 0) is 4.79 Å². The number of amides is 1. The summed E-state index contributed by atoms with van der Waals surface area (Å²) in [7, 11) is 0. The molecule has 0 saturated heterocycles. The van der Waals surface area contributed by atoms with Crippen LogP contribution >= 0.6 is 24.0 Å². The van der Waals surface area contributed by atoms with Gasteiger partial charge in [0.2, 0.25) is 5.91 Å². The Morgan fingerprint density at radius 2 is 2.00 bits per heavy atom. The SMILES string of the molecule is CCNC(=NCCC1CCCC(C)C1)NCCC(=O)NC(C)C.I. The van der Waals surface area contributed by atoms with Crippen molar-refractivity contribution in [1.82, 2.24) is 16.0 Å². The molecular formula is C18H37IN4O. The number of aliphatic imine (C=N–C) groups is 1. The summed E-state index contributed by atoms with van der Waals surface area (Å²) in [5.41, 5.74) is 0. The highest BCUT2D eigenvalue weighted by Gasteiger charge is 2.18. The van der Waals surface area contributed by atoms with Crippen LogP contribution in [0.5, 0.6) is 0 Å². The molecule has 0 aromatic carbocycles. The smallest absolute Gasteiger partial charge is 0.221 e. The highest BCUT2D eigenvalue weighted by atomic mass is 127. The molecule has 2 atom stereocenters. The topological polar surface area (TPSA) is 65.5 Å². The molecule has 0 radical (unpaired) electrons. The molecule has 3 N–H and O–H groups in total. The highest BCUT2D eigenvalue weighted by Crippen LogP contribution is 2.30. The van der Waals surface area contributed by atoms with E-state index < -0.39 is 0 Å². The third-order valence-corrected chi connectivity index (χ3v) is 4.29. The molecule has 0 aromatic heterocycles. The summed E-state index contributed by atoms with van der Waals surface area (Å²) in [6.45, 7) is 10.7. The number of hydrogen-bond donors (Lipinski definition) is 3. The lowest BCUT2D eigenvalue weighted by Crippen LogP contribution is -2.40. The van der Waals surface area contributed by atoms with Crippen molar-refractivity contribution < 1.29 is 4.79 Å². The molecular weight excluding hydrogens is 415 g/mol. The van der Waals surface area contributed by atoms with Crippen LogP contribution in [0.4, 0.5) is 0 Å². The van der Waals surface area contributed by atoms with Crippen molar-refractivity contribution in [3.8, 4) is 0 Å². The number of hydrogen-bond acceptors (Lipinski definition) is 2. The minimum atomic E-state index is 0. The van der Waals surface area contributed by atoms with E-state index in [0.717, 1.165) is 30.9 Å². The van der Waals surface area contributed by atoms with Crippen molar-refractivity contribution in [2.75, 3.05) is 19.6 Å². The van der Waals surface area contributed by atoms with Gasteiger partial charge in [-0.05, 0) is 45.4 Å². The largest absolute Gasteiger partial charge is 0.357 e. The molecule has 142 valence electrons. The molecule has 0 bridgehead atoms. The van der Waals surface area contributed by atoms with Gasteiger partial charge in [-0.3, -0.25) is 9.79 Å². The monoisotopic (exact) mass is 452 g/mol. The highest BCUT2D eigenvalue weighted by molar-refractivity contribution is 14.0. The summed E-state index contributed by atoms with van der Waals surface area (Å²) < 4.78 is 0. The van der Waals surface area contributed by atoms with Gasteiger partial charge in [0.15, 0.2) is 5.96 Å². The van der Waals surface area contributed by atoms with Gasteiger partial charge in [0, 0.05) is 32.1 Å². The van der Waals surface area contributed by atoms with E-state index in [1.165, 1.54) is 32.1 Å². The van der Waals surface area contributed by atoms with E-state index in [1.807, 2.05) is 13.8 Å². The van der Waals surface area contributed by atoms with Crippen LogP contribution in [0, 0.1) is 11.8 Å². The maximum absolute atomic E-state index is 11.6. The normalized spacial score (nSPS) is 21.1. The zero-order valence-corrected chi connectivity index (χ0v) is 18.2. The maximum Gasteiger partial charge on any atom is 0.221 e. The second-order valence-electron chi connectivity index (χ2n) is 7.09. The van der Waals surface area contributed by atoms with Crippen LogP contribution in [-0.4, -0.2) is 37.5 Å².